The van der Waals surface area contributed by atoms with Gasteiger partial charge in [0.25, 0.3) is 5.56 Å². The van der Waals surface area contributed by atoms with Gasteiger partial charge in [-0.15, -0.1) is 0 Å². The minimum absolute atomic E-state index is 0.00861. The van der Waals surface area contributed by atoms with Crippen LogP contribution < -0.4 is 10.9 Å². The van der Waals surface area contributed by atoms with E-state index in [0.717, 1.165) is 43.4 Å². The molecule has 1 amide bonds. The summed E-state index contributed by atoms with van der Waals surface area (Å²) in [5.41, 5.74) is 0.621. The van der Waals surface area contributed by atoms with E-state index in [1.165, 1.54) is 31.0 Å². The van der Waals surface area contributed by atoms with Crippen molar-refractivity contribution in [2.45, 2.75) is 94.3 Å². The third-order valence-electron chi connectivity index (χ3n) is 7.88. The summed E-state index contributed by atoms with van der Waals surface area (Å²) in [6, 6.07) is 7.45. The molecule has 184 valence electrons. The highest BCUT2D eigenvalue weighted by molar-refractivity contribution is 8.00. The van der Waals surface area contributed by atoms with Crippen LogP contribution in [0.3, 0.4) is 0 Å². The number of rotatable bonds is 9. The number of thioether (sulfide) groups is 1. The van der Waals surface area contributed by atoms with Gasteiger partial charge in [-0.3, -0.25) is 14.2 Å². The zero-order chi connectivity index (χ0) is 23.9. The van der Waals surface area contributed by atoms with E-state index in [4.69, 9.17) is 9.72 Å². The number of benzene rings is 1. The number of hydrogen-bond donors (Lipinski definition) is 1. The molecule has 1 atom stereocenters. The SMILES string of the molecule is CC(C)OCCCn1c(S[C@H](C)C(=O)NC23CC4CC(CC(C4)C2)C3)nc2ccccc2c1=O. The highest BCUT2D eigenvalue weighted by atomic mass is 32.2. The van der Waals surface area contributed by atoms with Crippen LogP contribution in [0.5, 0.6) is 0 Å². The van der Waals surface area contributed by atoms with Gasteiger partial charge in [0.15, 0.2) is 5.16 Å². The van der Waals surface area contributed by atoms with Crippen molar-refractivity contribution >= 4 is 28.6 Å². The van der Waals surface area contributed by atoms with Gasteiger partial charge in [-0.2, -0.15) is 0 Å². The van der Waals surface area contributed by atoms with E-state index in [2.05, 4.69) is 5.32 Å². The number of nitrogens with one attached hydrogen (secondary N) is 1. The molecular weight excluding hydrogens is 446 g/mol. The molecule has 1 heterocycles. The van der Waals surface area contributed by atoms with Gasteiger partial charge < -0.3 is 10.1 Å². The number of ether oxygens (including phenoxy) is 1. The zero-order valence-electron chi connectivity index (χ0n) is 20.6. The van der Waals surface area contributed by atoms with E-state index in [1.807, 2.05) is 45.0 Å². The highest BCUT2D eigenvalue weighted by Gasteiger charge is 2.51. The Labute approximate surface area is 206 Å². The Kier molecular flexibility index (Phi) is 6.77. The molecule has 0 spiro atoms. The maximum absolute atomic E-state index is 13.4. The number of para-hydroxylation sites is 1. The molecule has 4 aliphatic carbocycles. The van der Waals surface area contributed by atoms with Gasteiger partial charge in [0, 0.05) is 18.7 Å². The van der Waals surface area contributed by atoms with Gasteiger partial charge in [0.1, 0.15) is 0 Å². The van der Waals surface area contributed by atoms with Crippen molar-refractivity contribution in [2.24, 2.45) is 17.8 Å². The molecule has 0 radical (unpaired) electrons. The normalized spacial score (nSPS) is 28.5. The summed E-state index contributed by atoms with van der Waals surface area (Å²) in [6.07, 6.45) is 8.35. The summed E-state index contributed by atoms with van der Waals surface area (Å²) in [6.45, 7) is 7.07. The Morgan fingerprint density at radius 3 is 2.44 bits per heavy atom. The second kappa shape index (κ2) is 9.65. The third-order valence-corrected chi connectivity index (χ3v) is 8.97. The predicted molar refractivity (Wildman–Crippen MR) is 136 cm³/mol. The molecule has 0 unspecified atom stereocenters. The maximum Gasteiger partial charge on any atom is 0.262 e. The van der Waals surface area contributed by atoms with Crippen LogP contribution in [-0.4, -0.2) is 39.0 Å². The largest absolute Gasteiger partial charge is 0.379 e. The molecule has 4 fully saturated rings. The molecule has 7 heteroatoms. The van der Waals surface area contributed by atoms with E-state index in [0.29, 0.717) is 29.2 Å². The topological polar surface area (TPSA) is 73.2 Å². The molecule has 4 bridgehead atoms. The van der Waals surface area contributed by atoms with Gasteiger partial charge in [-0.05, 0) is 95.6 Å². The van der Waals surface area contributed by atoms with Crippen LogP contribution in [0, 0.1) is 17.8 Å². The Balaban J connectivity index is 1.33. The fourth-order valence-electron chi connectivity index (χ4n) is 6.81. The number of carbonyl (C=O) groups is 1. The van der Waals surface area contributed by atoms with E-state index in [1.54, 1.807) is 4.57 Å². The average molecular weight is 484 g/mol. The lowest BCUT2D eigenvalue weighted by Crippen LogP contribution is -2.60. The Morgan fingerprint density at radius 2 is 1.79 bits per heavy atom. The standard InChI is InChI=1S/C27H37N3O3S/c1-17(2)33-10-6-9-30-25(32)22-7-4-5-8-23(22)28-26(30)34-18(3)24(31)29-27-14-19-11-20(15-27)13-21(12-19)16-27/h4-5,7-8,17-21H,6,9-16H2,1-3H3,(H,29,31)/t18-,19?,20?,21?,27?/m1/s1. The van der Waals surface area contributed by atoms with Crippen molar-refractivity contribution in [2.75, 3.05) is 6.61 Å². The maximum atomic E-state index is 13.4. The first-order valence-corrected chi connectivity index (χ1v) is 13.8. The minimum atomic E-state index is -0.320. The zero-order valence-corrected chi connectivity index (χ0v) is 21.4. The number of hydrogen-bond acceptors (Lipinski definition) is 5. The second-order valence-corrected chi connectivity index (χ2v) is 12.4. The van der Waals surface area contributed by atoms with Crippen LogP contribution in [0.4, 0.5) is 0 Å². The molecular formula is C27H37N3O3S. The monoisotopic (exact) mass is 483 g/mol. The van der Waals surface area contributed by atoms with Crippen LogP contribution in [0.25, 0.3) is 10.9 Å². The lowest BCUT2D eigenvalue weighted by Gasteiger charge is -2.57. The summed E-state index contributed by atoms with van der Waals surface area (Å²) in [4.78, 5) is 31.5. The van der Waals surface area contributed by atoms with Gasteiger partial charge in [-0.1, -0.05) is 23.9 Å². The molecule has 4 saturated carbocycles. The average Bonchev–Trinajstić information content (AvgIpc) is 2.77. The van der Waals surface area contributed by atoms with Crippen molar-refractivity contribution in [3.05, 3.63) is 34.6 Å². The van der Waals surface area contributed by atoms with E-state index >= 15 is 0 Å². The quantitative estimate of drug-likeness (QED) is 0.316. The van der Waals surface area contributed by atoms with Crippen LogP contribution in [0.2, 0.25) is 0 Å². The van der Waals surface area contributed by atoms with Crippen molar-refractivity contribution in [3.63, 3.8) is 0 Å². The van der Waals surface area contributed by atoms with Crippen LogP contribution in [0.15, 0.2) is 34.2 Å². The van der Waals surface area contributed by atoms with Gasteiger partial charge in [-0.25, -0.2) is 4.98 Å². The number of nitrogens with zero attached hydrogens (tertiary/aromatic N) is 2. The molecule has 1 aromatic heterocycles. The molecule has 0 saturated heterocycles. The predicted octanol–water partition coefficient (Wildman–Crippen LogP) is 4.78. The number of amides is 1. The first kappa shape index (κ1) is 23.9. The third kappa shape index (κ3) is 4.92. The summed E-state index contributed by atoms with van der Waals surface area (Å²) in [7, 11) is 0. The lowest BCUT2D eigenvalue weighted by molar-refractivity contribution is -0.126. The van der Waals surface area contributed by atoms with Crippen molar-refractivity contribution in [3.8, 4) is 0 Å². The van der Waals surface area contributed by atoms with Crippen molar-refractivity contribution in [1.29, 1.82) is 0 Å². The highest BCUT2D eigenvalue weighted by Crippen LogP contribution is 2.55. The van der Waals surface area contributed by atoms with Crippen LogP contribution in [0.1, 0.15) is 65.7 Å². The summed E-state index contributed by atoms with van der Waals surface area (Å²) in [5.74, 6) is 2.43. The van der Waals surface area contributed by atoms with Crippen LogP contribution >= 0.6 is 11.8 Å². The van der Waals surface area contributed by atoms with Crippen molar-refractivity contribution in [1.82, 2.24) is 14.9 Å². The summed E-state index contributed by atoms with van der Waals surface area (Å²) < 4.78 is 7.41. The lowest BCUT2D eigenvalue weighted by atomic mass is 9.53. The van der Waals surface area contributed by atoms with Crippen LogP contribution in [-0.2, 0) is 16.1 Å². The second-order valence-electron chi connectivity index (χ2n) is 11.1. The molecule has 4 aliphatic rings. The fourth-order valence-corrected chi connectivity index (χ4v) is 7.75. The number of carbonyl (C=O) groups excluding carboxylic acids is 1. The summed E-state index contributed by atoms with van der Waals surface area (Å²) in [5, 5.41) is 4.39. The van der Waals surface area contributed by atoms with E-state index < -0.39 is 0 Å². The van der Waals surface area contributed by atoms with Crippen molar-refractivity contribution < 1.29 is 9.53 Å². The smallest absolute Gasteiger partial charge is 0.262 e. The molecule has 2 aromatic rings. The first-order chi connectivity index (χ1) is 16.3. The van der Waals surface area contributed by atoms with E-state index in [9.17, 15) is 9.59 Å². The first-order valence-electron chi connectivity index (χ1n) is 12.9. The Hall–Kier alpha value is -1.86. The van der Waals surface area contributed by atoms with Gasteiger partial charge >= 0.3 is 0 Å². The Bertz CT molecular complexity index is 1080. The van der Waals surface area contributed by atoms with E-state index in [-0.39, 0.29) is 28.4 Å². The molecule has 1 N–H and O–H groups in total. The molecule has 1 aromatic carbocycles. The molecule has 0 aliphatic heterocycles. The molecule has 6 rings (SSSR count). The molecule has 34 heavy (non-hydrogen) atoms. The van der Waals surface area contributed by atoms with Gasteiger partial charge in [0.05, 0.1) is 22.3 Å². The summed E-state index contributed by atoms with van der Waals surface area (Å²) >= 11 is 1.40. The fraction of sp³-hybridized carbons (Fsp3) is 0.667. The number of aromatic nitrogens is 2. The minimum Gasteiger partial charge on any atom is -0.379 e. The molecule has 6 nitrogen and oxygen atoms in total. The Morgan fingerprint density at radius 1 is 1.15 bits per heavy atom. The number of fused-ring (bicyclic) bond motifs is 1. The van der Waals surface area contributed by atoms with Gasteiger partial charge in [0.2, 0.25) is 5.91 Å².